The number of piperidine rings is 1. The van der Waals surface area contributed by atoms with E-state index in [1.165, 1.54) is 63.6 Å². The van der Waals surface area contributed by atoms with Gasteiger partial charge in [-0.2, -0.15) is 0 Å². The van der Waals surface area contributed by atoms with E-state index in [2.05, 4.69) is 28.4 Å². The number of rotatable bonds is 2. The summed E-state index contributed by atoms with van der Waals surface area (Å²) in [5, 5.41) is 4.64. The molecule has 3 atom stereocenters. The Morgan fingerprint density at radius 2 is 2.05 bits per heavy atom. The second kappa shape index (κ2) is 5.91. The minimum atomic E-state index is 0.630. The van der Waals surface area contributed by atoms with E-state index in [9.17, 15) is 0 Å². The summed E-state index contributed by atoms with van der Waals surface area (Å²) in [6, 6.07) is 8.64. The molecule has 0 radical (unpaired) electrons. The maximum Gasteiger partial charge on any atom is 0.0408 e. The van der Waals surface area contributed by atoms with Gasteiger partial charge in [0.25, 0.3) is 0 Å². The summed E-state index contributed by atoms with van der Waals surface area (Å²) >= 11 is 6.17. The van der Waals surface area contributed by atoms with Crippen molar-refractivity contribution < 1.29 is 0 Å². The van der Waals surface area contributed by atoms with Crippen molar-refractivity contribution in [3.8, 4) is 0 Å². The van der Waals surface area contributed by atoms with Crippen LogP contribution >= 0.6 is 11.6 Å². The fourth-order valence-electron chi connectivity index (χ4n) is 4.75. The van der Waals surface area contributed by atoms with Crippen molar-refractivity contribution >= 4 is 11.6 Å². The zero-order valence-electron chi connectivity index (χ0n) is 12.7. The molecule has 1 N–H and O–H groups in total. The van der Waals surface area contributed by atoms with Gasteiger partial charge in [0.05, 0.1) is 0 Å². The standard InChI is InChI=1S/C18H25ClN2/c19-14-7-8-15-13(12-14)6-9-17(15)21-11-2-1-5-18(21)16-4-3-10-20-16/h7-8,12,16-18,20H,1-6,9-11H2. The van der Waals surface area contributed by atoms with E-state index in [1.807, 2.05) is 0 Å². The average Bonchev–Trinajstić information content (AvgIpc) is 3.16. The van der Waals surface area contributed by atoms with Crippen LogP contribution in [0.4, 0.5) is 0 Å². The number of aryl methyl sites for hydroxylation is 1. The number of benzene rings is 1. The lowest BCUT2D eigenvalue weighted by molar-refractivity contribution is 0.0728. The van der Waals surface area contributed by atoms with Crippen molar-refractivity contribution in [1.82, 2.24) is 10.2 Å². The van der Waals surface area contributed by atoms with Gasteiger partial charge < -0.3 is 5.32 Å². The molecule has 0 saturated carbocycles. The van der Waals surface area contributed by atoms with Crippen molar-refractivity contribution in [2.45, 2.75) is 63.1 Å². The predicted molar refractivity (Wildman–Crippen MR) is 87.9 cm³/mol. The van der Waals surface area contributed by atoms with Crippen LogP contribution in [0.5, 0.6) is 0 Å². The van der Waals surface area contributed by atoms with Crippen LogP contribution in [0.1, 0.15) is 55.7 Å². The molecule has 0 bridgehead atoms. The monoisotopic (exact) mass is 304 g/mol. The van der Waals surface area contributed by atoms with Gasteiger partial charge in [-0.25, -0.2) is 0 Å². The Hall–Kier alpha value is -0.570. The summed E-state index contributed by atoms with van der Waals surface area (Å²) in [4.78, 5) is 2.83. The quantitative estimate of drug-likeness (QED) is 0.890. The molecule has 0 aromatic heterocycles. The number of nitrogens with one attached hydrogen (secondary N) is 1. The largest absolute Gasteiger partial charge is 0.312 e. The van der Waals surface area contributed by atoms with E-state index in [1.54, 1.807) is 5.56 Å². The van der Waals surface area contributed by atoms with Crippen molar-refractivity contribution in [3.05, 3.63) is 34.3 Å². The van der Waals surface area contributed by atoms with Crippen molar-refractivity contribution in [2.24, 2.45) is 0 Å². The van der Waals surface area contributed by atoms with Crippen LogP contribution in [-0.4, -0.2) is 30.1 Å². The lowest BCUT2D eigenvalue weighted by Crippen LogP contribution is -2.51. The highest BCUT2D eigenvalue weighted by Crippen LogP contribution is 2.41. The van der Waals surface area contributed by atoms with Crippen LogP contribution in [0.15, 0.2) is 18.2 Å². The van der Waals surface area contributed by atoms with Gasteiger partial charge in [-0.05, 0) is 74.9 Å². The van der Waals surface area contributed by atoms with Crippen LogP contribution in [0.3, 0.4) is 0 Å². The maximum atomic E-state index is 6.17. The topological polar surface area (TPSA) is 15.3 Å². The van der Waals surface area contributed by atoms with Crippen LogP contribution < -0.4 is 5.32 Å². The van der Waals surface area contributed by atoms with Gasteiger partial charge >= 0.3 is 0 Å². The van der Waals surface area contributed by atoms with Gasteiger partial charge in [0, 0.05) is 23.1 Å². The molecule has 1 aromatic carbocycles. The van der Waals surface area contributed by atoms with E-state index < -0.39 is 0 Å². The Bertz CT molecular complexity index is 510. The van der Waals surface area contributed by atoms with Gasteiger partial charge in [-0.3, -0.25) is 4.90 Å². The minimum Gasteiger partial charge on any atom is -0.312 e. The summed E-state index contributed by atoms with van der Waals surface area (Å²) in [5.41, 5.74) is 3.03. The Balaban J connectivity index is 1.60. The third kappa shape index (κ3) is 2.62. The molecule has 21 heavy (non-hydrogen) atoms. The lowest BCUT2D eigenvalue weighted by atomic mass is 9.91. The molecule has 3 unspecified atom stereocenters. The van der Waals surface area contributed by atoms with E-state index in [0.29, 0.717) is 6.04 Å². The number of fused-ring (bicyclic) bond motifs is 1. The first-order valence-electron chi connectivity index (χ1n) is 8.60. The van der Waals surface area contributed by atoms with Crippen LogP contribution in [0.2, 0.25) is 5.02 Å². The summed E-state index contributed by atoms with van der Waals surface area (Å²) in [7, 11) is 0. The van der Waals surface area contributed by atoms with Gasteiger partial charge in [0.2, 0.25) is 0 Å². The zero-order chi connectivity index (χ0) is 14.2. The van der Waals surface area contributed by atoms with Crippen molar-refractivity contribution in [2.75, 3.05) is 13.1 Å². The summed E-state index contributed by atoms with van der Waals surface area (Å²) in [6.07, 6.45) is 9.33. The Morgan fingerprint density at radius 3 is 2.90 bits per heavy atom. The molecule has 2 saturated heterocycles. The van der Waals surface area contributed by atoms with Gasteiger partial charge in [0.1, 0.15) is 0 Å². The Morgan fingerprint density at radius 1 is 1.10 bits per heavy atom. The van der Waals surface area contributed by atoms with Crippen LogP contribution in [-0.2, 0) is 6.42 Å². The fraction of sp³-hybridized carbons (Fsp3) is 0.667. The summed E-state index contributed by atoms with van der Waals surface area (Å²) in [5.74, 6) is 0. The molecule has 0 amide bonds. The Kier molecular flexibility index (Phi) is 3.95. The summed E-state index contributed by atoms with van der Waals surface area (Å²) < 4.78 is 0. The zero-order valence-corrected chi connectivity index (χ0v) is 13.4. The smallest absolute Gasteiger partial charge is 0.0408 e. The summed E-state index contributed by atoms with van der Waals surface area (Å²) in [6.45, 7) is 2.49. The van der Waals surface area contributed by atoms with Crippen LogP contribution in [0.25, 0.3) is 0 Å². The second-order valence-corrected chi connectivity index (χ2v) is 7.34. The van der Waals surface area contributed by atoms with E-state index in [-0.39, 0.29) is 0 Å². The first kappa shape index (κ1) is 14.0. The molecular weight excluding hydrogens is 280 g/mol. The van der Waals surface area contributed by atoms with E-state index in [0.717, 1.165) is 17.1 Å². The maximum absolute atomic E-state index is 6.17. The predicted octanol–water partition coefficient (Wildman–Crippen LogP) is 3.93. The first-order valence-corrected chi connectivity index (χ1v) is 8.98. The number of hydrogen-bond acceptors (Lipinski definition) is 2. The molecule has 2 aliphatic heterocycles. The molecule has 3 heteroatoms. The molecule has 114 valence electrons. The average molecular weight is 305 g/mol. The number of likely N-dealkylation sites (tertiary alicyclic amines) is 1. The molecule has 1 aromatic rings. The minimum absolute atomic E-state index is 0.630. The fourth-order valence-corrected chi connectivity index (χ4v) is 4.94. The number of halogens is 1. The molecule has 2 nitrogen and oxygen atoms in total. The number of hydrogen-bond donors (Lipinski definition) is 1. The van der Waals surface area contributed by atoms with Gasteiger partial charge in [-0.15, -0.1) is 0 Å². The third-order valence-corrected chi connectivity index (χ3v) is 5.94. The molecule has 2 fully saturated rings. The molecular formula is C18H25ClN2. The van der Waals surface area contributed by atoms with E-state index >= 15 is 0 Å². The second-order valence-electron chi connectivity index (χ2n) is 6.90. The van der Waals surface area contributed by atoms with E-state index in [4.69, 9.17) is 11.6 Å². The molecule has 1 aliphatic carbocycles. The third-order valence-electron chi connectivity index (χ3n) is 5.71. The highest BCUT2D eigenvalue weighted by molar-refractivity contribution is 6.30. The molecule has 2 heterocycles. The highest BCUT2D eigenvalue weighted by Gasteiger charge is 2.38. The normalized spacial score (nSPS) is 33.3. The molecule has 0 spiro atoms. The van der Waals surface area contributed by atoms with Gasteiger partial charge in [0.15, 0.2) is 0 Å². The molecule has 4 rings (SSSR count). The van der Waals surface area contributed by atoms with Crippen molar-refractivity contribution in [1.29, 1.82) is 0 Å². The SMILES string of the molecule is Clc1ccc2c(c1)CCC2N1CCCCC1C1CCCN1. The first-order chi connectivity index (χ1) is 10.3. The molecule has 3 aliphatic rings. The number of nitrogens with zero attached hydrogens (tertiary/aromatic N) is 1. The van der Waals surface area contributed by atoms with Gasteiger partial charge in [-0.1, -0.05) is 24.1 Å². The lowest BCUT2D eigenvalue weighted by Gasteiger charge is -2.43. The Labute approximate surface area is 132 Å². The van der Waals surface area contributed by atoms with Crippen LogP contribution in [0, 0.1) is 0 Å². The highest BCUT2D eigenvalue weighted by atomic mass is 35.5. The van der Waals surface area contributed by atoms with Crippen molar-refractivity contribution in [3.63, 3.8) is 0 Å².